The summed E-state index contributed by atoms with van der Waals surface area (Å²) in [5, 5.41) is 15.6. The second-order valence-electron chi connectivity index (χ2n) is 6.56. The molecule has 0 atom stereocenters. The molecule has 2 heterocycles. The predicted octanol–water partition coefficient (Wildman–Crippen LogP) is 3.62. The van der Waals surface area contributed by atoms with E-state index in [9.17, 15) is 4.79 Å². The maximum Gasteiger partial charge on any atom is 0.236 e. The lowest BCUT2D eigenvalue weighted by Gasteiger charge is -2.12. The Morgan fingerprint density at radius 1 is 1.25 bits per heavy atom. The molecule has 0 aliphatic heterocycles. The van der Waals surface area contributed by atoms with E-state index in [1.807, 2.05) is 34.9 Å². The molecule has 0 spiro atoms. The van der Waals surface area contributed by atoms with Gasteiger partial charge in [-0.15, -0.1) is 10.2 Å². The summed E-state index contributed by atoms with van der Waals surface area (Å²) in [7, 11) is 0. The van der Waals surface area contributed by atoms with E-state index in [0.717, 1.165) is 24.5 Å². The number of thioether (sulfide) groups is 1. The Kier molecular flexibility index (Phi) is 7.07. The molecule has 3 aromatic rings. The van der Waals surface area contributed by atoms with Crippen LogP contribution in [0.1, 0.15) is 26.1 Å². The van der Waals surface area contributed by atoms with Gasteiger partial charge in [0.05, 0.1) is 5.75 Å². The normalized spacial score (nSPS) is 11.0. The van der Waals surface area contributed by atoms with Crippen LogP contribution in [0.5, 0.6) is 5.75 Å². The maximum atomic E-state index is 12.1. The third-order valence-electron chi connectivity index (χ3n) is 3.87. The Hall–Kier alpha value is -2.81. The van der Waals surface area contributed by atoms with E-state index in [4.69, 9.17) is 9.26 Å². The van der Waals surface area contributed by atoms with Crippen LogP contribution in [0, 0.1) is 5.92 Å². The maximum absolute atomic E-state index is 12.1. The average molecular weight is 401 g/mol. The van der Waals surface area contributed by atoms with Crippen LogP contribution in [0.2, 0.25) is 0 Å². The third kappa shape index (κ3) is 5.85. The Balaban J connectivity index is 1.63. The van der Waals surface area contributed by atoms with Crippen LogP contribution in [-0.2, 0) is 17.9 Å². The van der Waals surface area contributed by atoms with E-state index in [-0.39, 0.29) is 11.7 Å². The van der Waals surface area contributed by atoms with Crippen LogP contribution in [0.3, 0.4) is 0 Å². The second kappa shape index (κ2) is 9.93. The lowest BCUT2D eigenvalue weighted by molar-refractivity contribution is -0.113. The Morgan fingerprint density at radius 3 is 2.79 bits per heavy atom. The molecule has 0 saturated carbocycles. The largest absolute Gasteiger partial charge is 0.486 e. The molecule has 1 N–H and O–H groups in total. The molecule has 0 bridgehead atoms. The van der Waals surface area contributed by atoms with Crippen molar-refractivity contribution in [3.8, 4) is 5.75 Å². The number of aromatic nitrogens is 4. The molecule has 1 aromatic carbocycles. The minimum absolute atomic E-state index is 0.181. The first-order chi connectivity index (χ1) is 13.6. The van der Waals surface area contributed by atoms with Crippen LogP contribution >= 0.6 is 11.8 Å². The first kappa shape index (κ1) is 19.9. The summed E-state index contributed by atoms with van der Waals surface area (Å²) < 4.78 is 12.5. The van der Waals surface area contributed by atoms with Crippen LogP contribution in [0.4, 0.5) is 5.82 Å². The molecule has 0 radical (unpaired) electrons. The molecule has 1 amide bonds. The summed E-state index contributed by atoms with van der Waals surface area (Å²) in [6.07, 6.45) is 2.39. The van der Waals surface area contributed by atoms with Crippen LogP contribution < -0.4 is 10.1 Å². The summed E-state index contributed by atoms with van der Waals surface area (Å²) in [4.78, 5) is 12.1. The molecule has 9 heteroatoms. The van der Waals surface area contributed by atoms with Gasteiger partial charge >= 0.3 is 0 Å². The lowest BCUT2D eigenvalue weighted by Crippen LogP contribution is -2.15. The molecule has 0 fully saturated rings. The summed E-state index contributed by atoms with van der Waals surface area (Å²) in [5.41, 5.74) is 0. The summed E-state index contributed by atoms with van der Waals surface area (Å²) in [6, 6.07) is 11.2. The van der Waals surface area contributed by atoms with E-state index in [2.05, 4.69) is 34.5 Å². The summed E-state index contributed by atoms with van der Waals surface area (Å²) in [5.74, 6) is 2.47. The number of hydrogen-bond acceptors (Lipinski definition) is 7. The number of nitrogens with one attached hydrogen (secondary N) is 1. The van der Waals surface area contributed by atoms with Gasteiger partial charge < -0.3 is 19.1 Å². The average Bonchev–Trinajstić information content (AvgIpc) is 3.33. The monoisotopic (exact) mass is 401 g/mol. The molecular formula is C19H23N5O3S. The zero-order valence-corrected chi connectivity index (χ0v) is 16.7. The number of anilines is 1. The fourth-order valence-electron chi connectivity index (χ4n) is 2.40. The number of carbonyl (C=O) groups excluding carboxylic acids is 1. The summed E-state index contributed by atoms with van der Waals surface area (Å²) >= 11 is 1.33. The van der Waals surface area contributed by atoms with E-state index in [0.29, 0.717) is 23.5 Å². The summed E-state index contributed by atoms with van der Waals surface area (Å²) in [6.45, 7) is 5.43. The van der Waals surface area contributed by atoms with Gasteiger partial charge in [0, 0.05) is 12.6 Å². The van der Waals surface area contributed by atoms with Crippen molar-refractivity contribution in [2.75, 3.05) is 11.1 Å². The van der Waals surface area contributed by atoms with E-state index in [1.165, 1.54) is 18.0 Å². The minimum Gasteiger partial charge on any atom is -0.486 e. The minimum atomic E-state index is -0.181. The molecule has 0 unspecified atom stereocenters. The third-order valence-corrected chi connectivity index (χ3v) is 4.84. The lowest BCUT2D eigenvalue weighted by atomic mass is 10.1. The zero-order chi connectivity index (χ0) is 19.8. The first-order valence-electron chi connectivity index (χ1n) is 9.05. The number of para-hydroxylation sites is 1. The van der Waals surface area contributed by atoms with Crippen molar-refractivity contribution in [1.82, 2.24) is 19.9 Å². The quantitative estimate of drug-likeness (QED) is 0.518. The molecule has 148 valence electrons. The smallest absolute Gasteiger partial charge is 0.236 e. The molecule has 2 aromatic heterocycles. The number of carbonyl (C=O) groups is 1. The number of nitrogens with zero attached hydrogens (tertiary/aromatic N) is 4. The van der Waals surface area contributed by atoms with Crippen molar-refractivity contribution in [3.05, 3.63) is 48.5 Å². The highest BCUT2D eigenvalue weighted by molar-refractivity contribution is 7.99. The van der Waals surface area contributed by atoms with Crippen LogP contribution in [-0.4, -0.2) is 31.6 Å². The van der Waals surface area contributed by atoms with E-state index in [1.54, 1.807) is 6.07 Å². The van der Waals surface area contributed by atoms with Crippen molar-refractivity contribution in [3.63, 3.8) is 0 Å². The fourth-order valence-corrected chi connectivity index (χ4v) is 3.18. The number of hydrogen-bond donors (Lipinski definition) is 1. The number of benzene rings is 1. The van der Waals surface area contributed by atoms with Gasteiger partial charge in [-0.05, 0) is 24.5 Å². The van der Waals surface area contributed by atoms with Gasteiger partial charge in [0.15, 0.2) is 16.8 Å². The van der Waals surface area contributed by atoms with Gasteiger partial charge in [0.2, 0.25) is 5.91 Å². The first-order valence-corrected chi connectivity index (χ1v) is 10.0. The van der Waals surface area contributed by atoms with Gasteiger partial charge in [-0.2, -0.15) is 0 Å². The zero-order valence-electron chi connectivity index (χ0n) is 15.9. The molecule has 0 saturated heterocycles. The highest BCUT2D eigenvalue weighted by Crippen LogP contribution is 2.20. The van der Waals surface area contributed by atoms with Gasteiger partial charge in [0.25, 0.3) is 0 Å². The second-order valence-corrected chi connectivity index (χ2v) is 7.50. The molecule has 3 rings (SSSR count). The topological polar surface area (TPSA) is 95.1 Å². The van der Waals surface area contributed by atoms with Gasteiger partial charge in [-0.1, -0.05) is 49.0 Å². The Bertz CT molecular complexity index is 865. The van der Waals surface area contributed by atoms with Crippen LogP contribution in [0.25, 0.3) is 0 Å². The van der Waals surface area contributed by atoms with Crippen molar-refractivity contribution < 1.29 is 14.1 Å². The van der Waals surface area contributed by atoms with Gasteiger partial charge in [-0.3, -0.25) is 4.79 Å². The van der Waals surface area contributed by atoms with Gasteiger partial charge in [-0.25, -0.2) is 0 Å². The van der Waals surface area contributed by atoms with E-state index >= 15 is 0 Å². The van der Waals surface area contributed by atoms with Gasteiger partial charge in [0.1, 0.15) is 18.6 Å². The number of ether oxygens (including phenoxy) is 1. The predicted molar refractivity (Wildman–Crippen MR) is 106 cm³/mol. The van der Waals surface area contributed by atoms with Crippen molar-refractivity contribution >= 4 is 23.5 Å². The van der Waals surface area contributed by atoms with Crippen molar-refractivity contribution in [2.45, 2.75) is 38.6 Å². The SMILES string of the molecule is CC(C)CCn1c(COc2ccccc2)nnc1SCC(=O)Nc1ccon1. The number of rotatable bonds is 10. The van der Waals surface area contributed by atoms with E-state index < -0.39 is 0 Å². The van der Waals surface area contributed by atoms with Crippen molar-refractivity contribution in [1.29, 1.82) is 0 Å². The fraction of sp³-hybridized carbons (Fsp3) is 0.368. The highest BCUT2D eigenvalue weighted by Gasteiger charge is 2.15. The molecule has 0 aliphatic carbocycles. The molecule has 0 aliphatic rings. The Labute approximate surface area is 167 Å². The van der Waals surface area contributed by atoms with Crippen molar-refractivity contribution in [2.24, 2.45) is 5.92 Å². The standard InChI is InChI=1S/C19H23N5O3S/c1-14(2)8-10-24-17(12-26-15-6-4-3-5-7-15)21-22-19(24)28-13-18(25)20-16-9-11-27-23-16/h3-7,9,11,14H,8,10,12-13H2,1-2H3,(H,20,23,25). The molecule has 8 nitrogen and oxygen atoms in total. The van der Waals surface area contributed by atoms with Crippen LogP contribution in [0.15, 0.2) is 52.3 Å². The highest BCUT2D eigenvalue weighted by atomic mass is 32.2. The number of amides is 1. The molecular weight excluding hydrogens is 378 g/mol. The molecule has 28 heavy (non-hydrogen) atoms. The Morgan fingerprint density at radius 2 is 2.07 bits per heavy atom.